The molecule has 3 unspecified atom stereocenters. The molecule has 0 aromatic carbocycles. The van der Waals surface area contributed by atoms with Gasteiger partial charge in [-0.25, -0.2) is 0 Å². The van der Waals surface area contributed by atoms with E-state index in [4.69, 9.17) is 5.73 Å². The summed E-state index contributed by atoms with van der Waals surface area (Å²) in [5.74, 6) is -0.0175. The lowest BCUT2D eigenvalue weighted by Gasteiger charge is -2.40. The minimum atomic E-state index is -0.985. The van der Waals surface area contributed by atoms with E-state index in [9.17, 15) is 9.90 Å². The highest BCUT2D eigenvalue weighted by molar-refractivity contribution is 5.78. The van der Waals surface area contributed by atoms with Gasteiger partial charge in [-0.05, 0) is 64.0 Å². The van der Waals surface area contributed by atoms with Crippen LogP contribution in [0.25, 0.3) is 0 Å². The Kier molecular flexibility index (Phi) is 4.28. The van der Waals surface area contributed by atoms with Gasteiger partial charge in [-0.3, -0.25) is 4.79 Å². The second-order valence-corrected chi connectivity index (χ2v) is 6.28. The first-order valence-electron chi connectivity index (χ1n) is 7.27. The maximum Gasteiger partial charge on any atom is 0.323 e. The molecular weight excluding hydrogens is 228 g/mol. The molecule has 2 aliphatic rings. The lowest BCUT2D eigenvalue weighted by molar-refractivity contribution is -0.145. The molecule has 1 aliphatic heterocycles. The normalized spacial score (nSPS) is 39.2. The number of nitrogens with two attached hydrogens (primary N) is 1. The van der Waals surface area contributed by atoms with Crippen LogP contribution in [0.5, 0.6) is 0 Å². The fourth-order valence-corrected chi connectivity index (χ4v) is 3.43. The maximum absolute atomic E-state index is 11.3. The largest absolute Gasteiger partial charge is 0.480 e. The number of nitrogens with zero attached hydrogens (tertiary/aromatic N) is 1. The van der Waals surface area contributed by atoms with Crippen molar-refractivity contribution in [2.75, 3.05) is 13.1 Å². The van der Waals surface area contributed by atoms with Crippen LogP contribution in [0.15, 0.2) is 0 Å². The third-order valence-corrected chi connectivity index (χ3v) is 4.75. The monoisotopic (exact) mass is 254 g/mol. The highest BCUT2D eigenvalue weighted by atomic mass is 16.4. The zero-order valence-corrected chi connectivity index (χ0v) is 11.4. The van der Waals surface area contributed by atoms with Gasteiger partial charge in [0.1, 0.15) is 5.54 Å². The van der Waals surface area contributed by atoms with Gasteiger partial charge in [0.15, 0.2) is 0 Å². The molecule has 0 aromatic rings. The standard InChI is InChI=1S/C14H26N2O2/c1-11-4-3-8-16(9-6-11)12-5-2-7-14(15,10-12)13(17)18/h11-12H,2-10,15H2,1H3,(H,17,18). The number of hydrogen-bond donors (Lipinski definition) is 2. The van der Waals surface area contributed by atoms with Crippen molar-refractivity contribution in [3.8, 4) is 0 Å². The van der Waals surface area contributed by atoms with E-state index in [2.05, 4.69) is 11.8 Å². The smallest absolute Gasteiger partial charge is 0.323 e. The van der Waals surface area contributed by atoms with Crippen molar-refractivity contribution in [1.29, 1.82) is 0 Å². The number of aliphatic carboxylic acids is 1. The summed E-state index contributed by atoms with van der Waals surface area (Å²) >= 11 is 0. The topological polar surface area (TPSA) is 66.6 Å². The Bertz CT molecular complexity index is 308. The Morgan fingerprint density at radius 1 is 1.28 bits per heavy atom. The Balaban J connectivity index is 1.98. The molecule has 1 saturated heterocycles. The molecule has 0 amide bonds. The summed E-state index contributed by atoms with van der Waals surface area (Å²) in [7, 11) is 0. The molecule has 18 heavy (non-hydrogen) atoms. The van der Waals surface area contributed by atoms with Crippen molar-refractivity contribution >= 4 is 5.97 Å². The molecule has 3 atom stereocenters. The van der Waals surface area contributed by atoms with E-state index >= 15 is 0 Å². The van der Waals surface area contributed by atoms with E-state index in [1.807, 2.05) is 0 Å². The average molecular weight is 254 g/mol. The SMILES string of the molecule is CC1CCCN(C2CCCC(N)(C(=O)O)C2)CC1. The van der Waals surface area contributed by atoms with Crippen molar-refractivity contribution in [1.82, 2.24) is 4.90 Å². The highest BCUT2D eigenvalue weighted by Crippen LogP contribution is 2.31. The van der Waals surface area contributed by atoms with E-state index in [-0.39, 0.29) is 0 Å². The first-order valence-corrected chi connectivity index (χ1v) is 7.27. The summed E-state index contributed by atoms with van der Waals surface area (Å²) in [5.41, 5.74) is 5.05. The summed E-state index contributed by atoms with van der Waals surface area (Å²) < 4.78 is 0. The number of carboxylic acid groups (broad SMARTS) is 1. The summed E-state index contributed by atoms with van der Waals surface area (Å²) in [6.07, 6.45) is 7.08. The van der Waals surface area contributed by atoms with Gasteiger partial charge in [-0.2, -0.15) is 0 Å². The summed E-state index contributed by atoms with van der Waals surface area (Å²) in [5, 5.41) is 9.27. The first kappa shape index (κ1) is 13.8. The Morgan fingerprint density at radius 2 is 2.06 bits per heavy atom. The minimum Gasteiger partial charge on any atom is -0.480 e. The molecule has 0 bridgehead atoms. The molecule has 0 aromatic heterocycles. The molecule has 4 heteroatoms. The van der Waals surface area contributed by atoms with E-state index in [0.29, 0.717) is 18.9 Å². The maximum atomic E-state index is 11.3. The molecule has 1 heterocycles. The first-order chi connectivity index (χ1) is 8.51. The van der Waals surface area contributed by atoms with Crippen LogP contribution >= 0.6 is 0 Å². The van der Waals surface area contributed by atoms with Crippen LogP contribution in [0.1, 0.15) is 51.9 Å². The van der Waals surface area contributed by atoms with Gasteiger partial charge in [0.05, 0.1) is 0 Å². The van der Waals surface area contributed by atoms with Crippen LogP contribution in [0.4, 0.5) is 0 Å². The van der Waals surface area contributed by atoms with Crippen molar-refractivity contribution in [3.05, 3.63) is 0 Å². The number of likely N-dealkylation sites (tertiary alicyclic amines) is 1. The van der Waals surface area contributed by atoms with Crippen LogP contribution in [0.3, 0.4) is 0 Å². The second-order valence-electron chi connectivity index (χ2n) is 6.28. The van der Waals surface area contributed by atoms with Gasteiger partial charge in [-0.15, -0.1) is 0 Å². The van der Waals surface area contributed by atoms with Gasteiger partial charge in [-0.1, -0.05) is 6.92 Å². The quantitative estimate of drug-likeness (QED) is 0.789. The zero-order chi connectivity index (χ0) is 13.2. The second kappa shape index (κ2) is 5.57. The van der Waals surface area contributed by atoms with Crippen LogP contribution < -0.4 is 5.73 Å². The molecule has 2 rings (SSSR count). The Hall–Kier alpha value is -0.610. The fraction of sp³-hybridized carbons (Fsp3) is 0.929. The number of rotatable bonds is 2. The van der Waals surface area contributed by atoms with Crippen molar-refractivity contribution in [2.45, 2.75) is 63.5 Å². The van der Waals surface area contributed by atoms with E-state index < -0.39 is 11.5 Å². The van der Waals surface area contributed by atoms with Gasteiger partial charge in [0.2, 0.25) is 0 Å². The van der Waals surface area contributed by atoms with Crippen LogP contribution in [0, 0.1) is 5.92 Å². The lowest BCUT2D eigenvalue weighted by atomic mass is 9.79. The van der Waals surface area contributed by atoms with Gasteiger partial charge >= 0.3 is 5.97 Å². The number of hydrogen-bond acceptors (Lipinski definition) is 3. The zero-order valence-electron chi connectivity index (χ0n) is 11.4. The van der Waals surface area contributed by atoms with Gasteiger partial charge in [0.25, 0.3) is 0 Å². The van der Waals surface area contributed by atoms with Crippen LogP contribution in [0.2, 0.25) is 0 Å². The third kappa shape index (κ3) is 3.04. The molecule has 2 fully saturated rings. The molecule has 4 nitrogen and oxygen atoms in total. The van der Waals surface area contributed by atoms with Gasteiger partial charge < -0.3 is 15.7 Å². The van der Waals surface area contributed by atoms with E-state index in [1.165, 1.54) is 19.3 Å². The average Bonchev–Trinajstić information content (AvgIpc) is 2.54. The summed E-state index contributed by atoms with van der Waals surface area (Å²) in [6.45, 7) is 4.54. The van der Waals surface area contributed by atoms with Crippen LogP contribution in [-0.2, 0) is 4.79 Å². The number of carboxylic acids is 1. The molecule has 1 aliphatic carbocycles. The lowest BCUT2D eigenvalue weighted by Crippen LogP contribution is -2.55. The minimum absolute atomic E-state index is 0.380. The molecular formula is C14H26N2O2. The molecule has 0 radical (unpaired) electrons. The Morgan fingerprint density at radius 3 is 2.78 bits per heavy atom. The molecule has 104 valence electrons. The molecule has 0 spiro atoms. The molecule has 3 N–H and O–H groups in total. The third-order valence-electron chi connectivity index (χ3n) is 4.75. The van der Waals surface area contributed by atoms with E-state index in [0.717, 1.165) is 31.8 Å². The van der Waals surface area contributed by atoms with Crippen LogP contribution in [-0.4, -0.2) is 40.6 Å². The van der Waals surface area contributed by atoms with E-state index in [1.54, 1.807) is 0 Å². The summed E-state index contributed by atoms with van der Waals surface area (Å²) in [4.78, 5) is 13.8. The number of carbonyl (C=O) groups is 1. The predicted octanol–water partition coefficient (Wildman–Crippen LogP) is 1.83. The van der Waals surface area contributed by atoms with Gasteiger partial charge in [0, 0.05) is 6.04 Å². The fourth-order valence-electron chi connectivity index (χ4n) is 3.43. The predicted molar refractivity (Wildman–Crippen MR) is 71.4 cm³/mol. The van der Waals surface area contributed by atoms with Crippen molar-refractivity contribution in [3.63, 3.8) is 0 Å². The van der Waals surface area contributed by atoms with Crippen molar-refractivity contribution < 1.29 is 9.90 Å². The van der Waals surface area contributed by atoms with Crippen molar-refractivity contribution in [2.24, 2.45) is 11.7 Å². The molecule has 1 saturated carbocycles. The Labute approximate surface area is 110 Å². The highest BCUT2D eigenvalue weighted by Gasteiger charge is 2.41. The summed E-state index contributed by atoms with van der Waals surface area (Å²) in [6, 6.07) is 0.380.